The van der Waals surface area contributed by atoms with Crippen LogP contribution in [-0.2, 0) is 6.54 Å². The number of carbonyl (C=O) groups excluding carboxylic acids is 1. The van der Waals surface area contributed by atoms with Crippen LogP contribution < -0.4 is 16.4 Å². The summed E-state index contributed by atoms with van der Waals surface area (Å²) in [5.74, 6) is 1.00. The van der Waals surface area contributed by atoms with Gasteiger partial charge in [-0.15, -0.1) is 24.0 Å². The van der Waals surface area contributed by atoms with Gasteiger partial charge >= 0.3 is 0 Å². The number of hydrogen-bond acceptors (Lipinski definition) is 4. The minimum absolute atomic E-state index is 0. The van der Waals surface area contributed by atoms with Crippen LogP contribution in [0.5, 0.6) is 0 Å². The van der Waals surface area contributed by atoms with Gasteiger partial charge in [0.05, 0.1) is 6.54 Å². The third kappa shape index (κ3) is 5.97. The third-order valence-corrected chi connectivity index (χ3v) is 4.16. The van der Waals surface area contributed by atoms with Gasteiger partial charge in [-0.25, -0.2) is 0 Å². The third-order valence-electron chi connectivity index (χ3n) is 4.16. The molecule has 0 unspecified atom stereocenters. The monoisotopic (exact) mass is 449 g/mol. The number of nitrogens with two attached hydrogens (primary N) is 1. The van der Waals surface area contributed by atoms with Crippen molar-refractivity contribution in [2.45, 2.75) is 45.3 Å². The summed E-state index contributed by atoms with van der Waals surface area (Å²) >= 11 is 0. The molecule has 0 radical (unpaired) electrons. The first-order valence-corrected chi connectivity index (χ1v) is 8.09. The summed E-state index contributed by atoms with van der Waals surface area (Å²) in [6.45, 7) is 7.13. The predicted molar refractivity (Wildman–Crippen MR) is 106 cm³/mol. The number of rotatable bonds is 5. The van der Waals surface area contributed by atoms with Gasteiger partial charge in [-0.1, -0.05) is 0 Å². The Labute approximate surface area is 160 Å². The number of piperidine rings is 1. The second-order valence-electron chi connectivity index (χ2n) is 6.10. The Kier molecular flexibility index (Phi) is 8.54. The normalized spacial score (nSPS) is 16.8. The first-order valence-electron chi connectivity index (χ1n) is 8.09. The predicted octanol–water partition coefficient (Wildman–Crippen LogP) is 1.53. The van der Waals surface area contributed by atoms with E-state index in [0.717, 1.165) is 31.9 Å². The van der Waals surface area contributed by atoms with Gasteiger partial charge in [-0.3, -0.25) is 9.79 Å². The van der Waals surface area contributed by atoms with E-state index in [-0.39, 0.29) is 29.7 Å². The number of halogens is 1. The Hall–Kier alpha value is -1.29. The molecule has 24 heavy (non-hydrogen) atoms. The van der Waals surface area contributed by atoms with Gasteiger partial charge in [0.15, 0.2) is 11.7 Å². The van der Waals surface area contributed by atoms with Gasteiger partial charge in [0.2, 0.25) is 0 Å². The Bertz CT molecular complexity index is 550. The Morgan fingerprint density at radius 2 is 2.08 bits per heavy atom. The number of primary amides is 1. The number of amides is 1. The van der Waals surface area contributed by atoms with Gasteiger partial charge in [0, 0.05) is 32.2 Å². The smallest absolute Gasteiger partial charge is 0.284 e. The van der Waals surface area contributed by atoms with Gasteiger partial charge < -0.3 is 25.7 Å². The lowest BCUT2D eigenvalue weighted by molar-refractivity contribution is 0.0972. The molecular formula is C16H28IN5O2. The highest BCUT2D eigenvalue weighted by Gasteiger charge is 2.21. The van der Waals surface area contributed by atoms with Gasteiger partial charge in [0.1, 0.15) is 5.76 Å². The molecule has 1 aromatic rings. The molecule has 1 amide bonds. The molecule has 7 nitrogen and oxygen atoms in total. The van der Waals surface area contributed by atoms with Crippen molar-refractivity contribution in [1.29, 1.82) is 0 Å². The van der Waals surface area contributed by atoms with Crippen molar-refractivity contribution in [1.82, 2.24) is 15.5 Å². The summed E-state index contributed by atoms with van der Waals surface area (Å²) in [5, 5.41) is 6.64. The number of nitrogens with zero attached hydrogens (tertiary/aromatic N) is 2. The van der Waals surface area contributed by atoms with Crippen LogP contribution in [0.2, 0.25) is 0 Å². The van der Waals surface area contributed by atoms with E-state index in [1.807, 2.05) is 0 Å². The zero-order valence-electron chi connectivity index (χ0n) is 14.5. The van der Waals surface area contributed by atoms with Crippen LogP contribution in [-0.4, -0.2) is 49.0 Å². The lowest BCUT2D eigenvalue weighted by atomic mass is 10.0. The van der Waals surface area contributed by atoms with E-state index in [2.05, 4.69) is 34.4 Å². The van der Waals surface area contributed by atoms with E-state index in [4.69, 9.17) is 10.2 Å². The topological polar surface area (TPSA) is 95.9 Å². The fourth-order valence-corrected chi connectivity index (χ4v) is 2.72. The Balaban J connectivity index is 0.00000288. The molecule has 0 saturated carbocycles. The van der Waals surface area contributed by atoms with Crippen LogP contribution in [0.1, 0.15) is 43.0 Å². The SMILES string of the molecule is CN=C(NCc1ccc(C(N)=O)o1)NC1CCN(C(C)C)CC1.I. The highest BCUT2D eigenvalue weighted by atomic mass is 127. The molecule has 2 rings (SSSR count). The van der Waals surface area contributed by atoms with Gasteiger partial charge in [0.25, 0.3) is 5.91 Å². The number of aliphatic imine (C=N–C) groups is 1. The molecule has 1 aliphatic rings. The van der Waals surface area contributed by atoms with Crippen LogP contribution in [0.3, 0.4) is 0 Å². The standard InChI is InChI=1S/C16H27N5O2.HI/c1-11(2)21-8-6-12(7-9-21)20-16(18-3)19-10-13-4-5-14(23-13)15(17)22;/h4-5,11-12H,6-10H2,1-3H3,(H2,17,22)(H2,18,19,20);1H. The maximum absolute atomic E-state index is 11.0. The van der Waals surface area contributed by atoms with Gasteiger partial charge in [-0.2, -0.15) is 0 Å². The molecule has 8 heteroatoms. The van der Waals surface area contributed by atoms with E-state index in [1.54, 1.807) is 19.2 Å². The van der Waals surface area contributed by atoms with Crippen molar-refractivity contribution in [3.05, 3.63) is 23.7 Å². The highest BCUT2D eigenvalue weighted by Crippen LogP contribution is 2.13. The maximum atomic E-state index is 11.0. The first-order chi connectivity index (χ1) is 11.0. The Morgan fingerprint density at radius 1 is 1.42 bits per heavy atom. The molecule has 136 valence electrons. The van der Waals surface area contributed by atoms with Crippen LogP contribution in [0.4, 0.5) is 0 Å². The molecule has 1 saturated heterocycles. The molecule has 1 aromatic heterocycles. The molecular weight excluding hydrogens is 421 g/mol. The molecule has 2 heterocycles. The lowest BCUT2D eigenvalue weighted by Crippen LogP contribution is -2.49. The molecule has 0 aromatic carbocycles. The molecule has 1 fully saturated rings. The molecule has 1 aliphatic heterocycles. The maximum Gasteiger partial charge on any atom is 0.284 e. The number of nitrogens with one attached hydrogen (secondary N) is 2. The minimum atomic E-state index is -0.560. The zero-order chi connectivity index (χ0) is 16.8. The van der Waals surface area contributed by atoms with E-state index >= 15 is 0 Å². The van der Waals surface area contributed by atoms with Crippen LogP contribution >= 0.6 is 24.0 Å². The van der Waals surface area contributed by atoms with Crippen LogP contribution in [0, 0.1) is 0 Å². The fraction of sp³-hybridized carbons (Fsp3) is 0.625. The summed E-state index contributed by atoms with van der Waals surface area (Å²) in [4.78, 5) is 17.7. The van der Waals surface area contributed by atoms with Crippen molar-refractivity contribution < 1.29 is 9.21 Å². The first kappa shape index (κ1) is 20.8. The summed E-state index contributed by atoms with van der Waals surface area (Å²) < 4.78 is 5.34. The largest absolute Gasteiger partial charge is 0.454 e. The molecule has 0 aliphatic carbocycles. The van der Waals surface area contributed by atoms with E-state index < -0.39 is 5.91 Å². The van der Waals surface area contributed by atoms with Crippen LogP contribution in [0.25, 0.3) is 0 Å². The van der Waals surface area contributed by atoms with Crippen molar-refractivity contribution in [3.8, 4) is 0 Å². The second-order valence-corrected chi connectivity index (χ2v) is 6.10. The second kappa shape index (κ2) is 9.87. The average molecular weight is 449 g/mol. The zero-order valence-corrected chi connectivity index (χ0v) is 16.9. The molecule has 0 atom stereocenters. The summed E-state index contributed by atoms with van der Waals surface area (Å²) in [6, 6.07) is 4.35. The molecule has 4 N–H and O–H groups in total. The molecule has 0 spiro atoms. The quantitative estimate of drug-likeness (QED) is 0.360. The summed E-state index contributed by atoms with van der Waals surface area (Å²) in [6.07, 6.45) is 2.21. The van der Waals surface area contributed by atoms with E-state index in [9.17, 15) is 4.79 Å². The van der Waals surface area contributed by atoms with E-state index in [1.165, 1.54) is 0 Å². The fourth-order valence-electron chi connectivity index (χ4n) is 2.72. The number of carbonyl (C=O) groups is 1. The Morgan fingerprint density at radius 3 is 2.58 bits per heavy atom. The number of guanidine groups is 1. The van der Waals surface area contributed by atoms with E-state index in [0.29, 0.717) is 24.4 Å². The van der Waals surface area contributed by atoms with Crippen LogP contribution in [0.15, 0.2) is 21.5 Å². The number of hydrogen-bond donors (Lipinski definition) is 3. The average Bonchev–Trinajstić information content (AvgIpc) is 3.01. The number of likely N-dealkylation sites (tertiary alicyclic amines) is 1. The highest BCUT2D eigenvalue weighted by molar-refractivity contribution is 14.0. The van der Waals surface area contributed by atoms with Crippen molar-refractivity contribution in [3.63, 3.8) is 0 Å². The summed E-state index contributed by atoms with van der Waals surface area (Å²) in [7, 11) is 1.75. The lowest BCUT2D eigenvalue weighted by Gasteiger charge is -2.35. The summed E-state index contributed by atoms with van der Waals surface area (Å²) in [5.41, 5.74) is 5.17. The molecule has 0 bridgehead atoms. The number of furan rings is 1. The minimum Gasteiger partial charge on any atom is -0.454 e. The van der Waals surface area contributed by atoms with Crippen molar-refractivity contribution in [2.24, 2.45) is 10.7 Å². The van der Waals surface area contributed by atoms with Crippen molar-refractivity contribution >= 4 is 35.8 Å². The van der Waals surface area contributed by atoms with Crippen molar-refractivity contribution in [2.75, 3.05) is 20.1 Å². The van der Waals surface area contributed by atoms with Gasteiger partial charge in [-0.05, 0) is 38.8 Å².